The highest BCUT2D eigenvalue weighted by Crippen LogP contribution is 2.27. The Kier molecular flexibility index (Phi) is 3.80. The van der Waals surface area contributed by atoms with Crippen molar-refractivity contribution in [3.05, 3.63) is 24.2 Å². The molecule has 84 valence electrons. The van der Waals surface area contributed by atoms with Crippen LogP contribution in [0.5, 0.6) is 0 Å². The maximum Gasteiger partial charge on any atom is 0.117 e. The van der Waals surface area contributed by atoms with Crippen molar-refractivity contribution in [1.29, 1.82) is 0 Å². The molecule has 0 spiro atoms. The molecule has 0 aliphatic heterocycles. The molecule has 3 heteroatoms. The number of rotatable bonds is 7. The van der Waals surface area contributed by atoms with E-state index in [4.69, 9.17) is 4.42 Å². The Balaban J connectivity index is 1.78. The minimum absolute atomic E-state index is 0.800. The van der Waals surface area contributed by atoms with Gasteiger partial charge >= 0.3 is 0 Å². The van der Waals surface area contributed by atoms with Gasteiger partial charge in [0.1, 0.15) is 5.76 Å². The summed E-state index contributed by atoms with van der Waals surface area (Å²) in [7, 11) is 0. The third-order valence-electron chi connectivity index (χ3n) is 2.83. The van der Waals surface area contributed by atoms with Gasteiger partial charge in [0.05, 0.1) is 12.8 Å². The highest BCUT2D eigenvalue weighted by atomic mass is 16.3. The summed E-state index contributed by atoms with van der Waals surface area (Å²) in [4.78, 5) is 2.52. The minimum atomic E-state index is 0.800. The predicted octanol–water partition coefficient (Wildman–Crippen LogP) is 1.85. The molecule has 2 rings (SSSR count). The molecule has 1 N–H and O–H groups in total. The van der Waals surface area contributed by atoms with Gasteiger partial charge in [0, 0.05) is 19.1 Å². The zero-order valence-corrected chi connectivity index (χ0v) is 9.41. The van der Waals surface area contributed by atoms with E-state index in [2.05, 4.69) is 23.2 Å². The average Bonchev–Trinajstić information content (AvgIpc) is 2.97. The van der Waals surface area contributed by atoms with Gasteiger partial charge in [-0.3, -0.25) is 4.90 Å². The van der Waals surface area contributed by atoms with E-state index in [1.54, 1.807) is 6.26 Å². The normalized spacial score (nSPS) is 16.1. The third kappa shape index (κ3) is 3.36. The monoisotopic (exact) mass is 208 g/mol. The van der Waals surface area contributed by atoms with Crippen LogP contribution in [0.3, 0.4) is 0 Å². The number of hydrogen-bond donors (Lipinski definition) is 1. The van der Waals surface area contributed by atoms with Crippen molar-refractivity contribution >= 4 is 0 Å². The number of furan rings is 1. The van der Waals surface area contributed by atoms with Crippen molar-refractivity contribution in [3.63, 3.8) is 0 Å². The summed E-state index contributed by atoms with van der Waals surface area (Å²) in [6.45, 7) is 6.36. The van der Waals surface area contributed by atoms with Crippen molar-refractivity contribution in [2.75, 3.05) is 19.6 Å². The lowest BCUT2D eigenvalue weighted by atomic mass is 10.3. The van der Waals surface area contributed by atoms with E-state index in [1.165, 1.54) is 12.8 Å². The second kappa shape index (κ2) is 5.33. The van der Waals surface area contributed by atoms with Gasteiger partial charge in [0.25, 0.3) is 0 Å². The van der Waals surface area contributed by atoms with Crippen molar-refractivity contribution < 1.29 is 4.42 Å². The molecule has 0 radical (unpaired) electrons. The van der Waals surface area contributed by atoms with Crippen molar-refractivity contribution in [2.24, 2.45) is 0 Å². The molecule has 1 aromatic rings. The summed E-state index contributed by atoms with van der Waals surface area (Å²) in [5.41, 5.74) is 0. The van der Waals surface area contributed by atoms with Crippen molar-refractivity contribution in [3.8, 4) is 0 Å². The molecular weight excluding hydrogens is 188 g/mol. The fraction of sp³-hybridized carbons (Fsp3) is 0.667. The van der Waals surface area contributed by atoms with Gasteiger partial charge in [0.15, 0.2) is 0 Å². The summed E-state index contributed by atoms with van der Waals surface area (Å²) >= 11 is 0. The SMILES string of the molecule is CCNCCN(Cc1ccco1)C1CC1. The lowest BCUT2D eigenvalue weighted by Crippen LogP contribution is -2.33. The van der Waals surface area contributed by atoms with E-state index < -0.39 is 0 Å². The van der Waals surface area contributed by atoms with Gasteiger partial charge in [-0.25, -0.2) is 0 Å². The Morgan fingerprint density at radius 1 is 1.53 bits per heavy atom. The Morgan fingerprint density at radius 3 is 3.00 bits per heavy atom. The molecule has 0 atom stereocenters. The molecule has 3 nitrogen and oxygen atoms in total. The zero-order chi connectivity index (χ0) is 10.5. The van der Waals surface area contributed by atoms with Crippen LogP contribution in [0, 0.1) is 0 Å². The molecule has 1 saturated carbocycles. The molecule has 0 bridgehead atoms. The van der Waals surface area contributed by atoms with Gasteiger partial charge in [-0.2, -0.15) is 0 Å². The standard InChI is InChI=1S/C12H20N2O/c1-2-13-7-8-14(11-5-6-11)10-12-4-3-9-15-12/h3-4,9,11,13H,2,5-8,10H2,1H3. The first kappa shape index (κ1) is 10.7. The largest absolute Gasteiger partial charge is 0.468 e. The highest BCUT2D eigenvalue weighted by Gasteiger charge is 2.28. The Hall–Kier alpha value is -0.800. The zero-order valence-electron chi connectivity index (χ0n) is 9.41. The Bertz CT molecular complexity index is 267. The van der Waals surface area contributed by atoms with E-state index in [9.17, 15) is 0 Å². The van der Waals surface area contributed by atoms with Gasteiger partial charge in [-0.1, -0.05) is 6.92 Å². The van der Waals surface area contributed by atoms with E-state index in [0.29, 0.717) is 0 Å². The van der Waals surface area contributed by atoms with Gasteiger partial charge in [-0.15, -0.1) is 0 Å². The lowest BCUT2D eigenvalue weighted by molar-refractivity contribution is 0.234. The first-order chi connectivity index (χ1) is 7.40. The van der Waals surface area contributed by atoms with Crippen LogP contribution >= 0.6 is 0 Å². The summed E-state index contributed by atoms with van der Waals surface area (Å²) < 4.78 is 5.39. The van der Waals surface area contributed by atoms with Crippen LogP contribution in [0.2, 0.25) is 0 Å². The third-order valence-corrected chi connectivity index (χ3v) is 2.83. The second-order valence-corrected chi connectivity index (χ2v) is 4.13. The fourth-order valence-corrected chi connectivity index (χ4v) is 1.83. The average molecular weight is 208 g/mol. The van der Waals surface area contributed by atoms with Gasteiger partial charge in [-0.05, 0) is 31.5 Å². The Labute approximate surface area is 91.4 Å². The molecule has 1 aliphatic carbocycles. The van der Waals surface area contributed by atoms with Gasteiger partial charge in [0.2, 0.25) is 0 Å². The van der Waals surface area contributed by atoms with Crippen molar-refractivity contribution in [1.82, 2.24) is 10.2 Å². The lowest BCUT2D eigenvalue weighted by Gasteiger charge is -2.20. The van der Waals surface area contributed by atoms with Gasteiger partial charge < -0.3 is 9.73 Å². The van der Waals surface area contributed by atoms with E-state index in [-0.39, 0.29) is 0 Å². The molecule has 15 heavy (non-hydrogen) atoms. The maximum atomic E-state index is 5.39. The first-order valence-electron chi connectivity index (χ1n) is 5.87. The van der Waals surface area contributed by atoms with Crippen LogP contribution in [-0.2, 0) is 6.54 Å². The van der Waals surface area contributed by atoms with Crippen LogP contribution in [0.1, 0.15) is 25.5 Å². The molecule has 0 saturated heterocycles. The predicted molar refractivity (Wildman–Crippen MR) is 60.7 cm³/mol. The number of hydrogen-bond acceptors (Lipinski definition) is 3. The molecule has 1 aromatic heterocycles. The first-order valence-corrected chi connectivity index (χ1v) is 5.87. The smallest absolute Gasteiger partial charge is 0.117 e. The van der Waals surface area contributed by atoms with Crippen LogP contribution in [-0.4, -0.2) is 30.6 Å². The van der Waals surface area contributed by atoms with Crippen LogP contribution in [0.15, 0.2) is 22.8 Å². The van der Waals surface area contributed by atoms with Crippen LogP contribution in [0.25, 0.3) is 0 Å². The van der Waals surface area contributed by atoms with E-state index >= 15 is 0 Å². The molecule has 0 unspecified atom stereocenters. The van der Waals surface area contributed by atoms with E-state index in [1.807, 2.05) is 6.07 Å². The van der Waals surface area contributed by atoms with Crippen LogP contribution in [0.4, 0.5) is 0 Å². The topological polar surface area (TPSA) is 28.4 Å². The molecular formula is C12H20N2O. The maximum absolute atomic E-state index is 5.39. The fourth-order valence-electron chi connectivity index (χ4n) is 1.83. The number of likely N-dealkylation sites (N-methyl/N-ethyl adjacent to an activating group) is 1. The summed E-state index contributed by atoms with van der Waals surface area (Å²) in [5.74, 6) is 1.08. The summed E-state index contributed by atoms with van der Waals surface area (Å²) in [6.07, 6.45) is 4.46. The molecule has 0 amide bonds. The molecule has 1 heterocycles. The highest BCUT2D eigenvalue weighted by molar-refractivity contribution is 4.99. The Morgan fingerprint density at radius 2 is 2.40 bits per heavy atom. The quantitative estimate of drug-likeness (QED) is 0.693. The van der Waals surface area contributed by atoms with Crippen molar-refractivity contribution in [2.45, 2.75) is 32.4 Å². The summed E-state index contributed by atoms with van der Waals surface area (Å²) in [5, 5.41) is 3.37. The van der Waals surface area contributed by atoms with E-state index in [0.717, 1.165) is 38.0 Å². The number of nitrogens with zero attached hydrogens (tertiary/aromatic N) is 1. The molecule has 0 aromatic carbocycles. The van der Waals surface area contributed by atoms with Crippen LogP contribution < -0.4 is 5.32 Å². The second-order valence-electron chi connectivity index (χ2n) is 4.13. The number of nitrogens with one attached hydrogen (secondary N) is 1. The summed E-state index contributed by atoms with van der Waals surface area (Å²) in [6, 6.07) is 4.82. The molecule has 1 fully saturated rings. The molecule has 1 aliphatic rings. The minimum Gasteiger partial charge on any atom is -0.468 e.